The van der Waals surface area contributed by atoms with Gasteiger partial charge in [-0.05, 0) is 49.1 Å². The summed E-state index contributed by atoms with van der Waals surface area (Å²) in [5.74, 6) is -0.452. The number of fused-ring (bicyclic) bond motifs is 2. The maximum absolute atomic E-state index is 14.8. The molecule has 0 saturated carbocycles. The van der Waals surface area contributed by atoms with Gasteiger partial charge in [-0.2, -0.15) is 0 Å². The second-order valence-electron chi connectivity index (χ2n) is 12.4. The molecule has 8 heteroatoms. The Morgan fingerprint density at radius 2 is 1.65 bits per heavy atom. The van der Waals surface area contributed by atoms with Crippen molar-refractivity contribution in [3.8, 4) is 0 Å². The zero-order chi connectivity index (χ0) is 34.2. The number of nitrogens with zero attached hydrogens (tertiary/aromatic N) is 3. The highest BCUT2D eigenvalue weighted by atomic mass is 32.1. The second-order valence-corrected chi connectivity index (χ2v) is 13.5. The van der Waals surface area contributed by atoms with Gasteiger partial charge in [-0.15, -0.1) is 0 Å². The zero-order valence-corrected chi connectivity index (χ0v) is 28.6. The Hall–Kier alpha value is -5.34. The molecule has 246 valence electrons. The first-order valence-electron chi connectivity index (χ1n) is 16.5. The molecule has 6 nitrogen and oxygen atoms in total. The number of benzene rings is 4. The molecule has 0 aliphatic carbocycles. The van der Waals surface area contributed by atoms with E-state index >= 15 is 0 Å². The van der Waals surface area contributed by atoms with E-state index in [0.29, 0.717) is 38.6 Å². The van der Waals surface area contributed by atoms with Crippen LogP contribution in [0.4, 0.5) is 4.39 Å². The Balaban J connectivity index is 1.47. The lowest BCUT2D eigenvalue weighted by Gasteiger charge is -2.26. The van der Waals surface area contributed by atoms with E-state index in [1.165, 1.54) is 17.4 Å². The number of para-hydroxylation sites is 1. The van der Waals surface area contributed by atoms with Crippen LogP contribution in [0.5, 0.6) is 0 Å². The lowest BCUT2D eigenvalue weighted by molar-refractivity contribution is -0.138. The van der Waals surface area contributed by atoms with Crippen molar-refractivity contribution < 1.29 is 13.9 Å². The molecular formula is C41H36FN3O3S. The molecule has 1 aliphatic rings. The highest BCUT2D eigenvalue weighted by Crippen LogP contribution is 2.36. The Morgan fingerprint density at radius 1 is 0.959 bits per heavy atom. The second kappa shape index (κ2) is 13.3. The van der Waals surface area contributed by atoms with Gasteiger partial charge < -0.3 is 9.30 Å². The Kier molecular flexibility index (Phi) is 8.73. The van der Waals surface area contributed by atoms with Crippen LogP contribution in [-0.4, -0.2) is 21.7 Å². The molecule has 2 aromatic heterocycles. The maximum atomic E-state index is 14.8. The van der Waals surface area contributed by atoms with Gasteiger partial charge in [0.15, 0.2) is 4.80 Å². The average Bonchev–Trinajstić information content (AvgIpc) is 3.57. The zero-order valence-electron chi connectivity index (χ0n) is 27.8. The molecule has 49 heavy (non-hydrogen) atoms. The molecule has 0 amide bonds. The number of esters is 1. The van der Waals surface area contributed by atoms with Gasteiger partial charge in [0.2, 0.25) is 0 Å². The van der Waals surface area contributed by atoms with Gasteiger partial charge in [-0.1, -0.05) is 116 Å². The van der Waals surface area contributed by atoms with Crippen molar-refractivity contribution in [1.29, 1.82) is 0 Å². The summed E-state index contributed by atoms with van der Waals surface area (Å²) < 4.78 is 24.6. The topological polar surface area (TPSA) is 65.6 Å². The van der Waals surface area contributed by atoms with Gasteiger partial charge in [0.05, 0.1) is 35.0 Å². The van der Waals surface area contributed by atoms with Crippen molar-refractivity contribution in [1.82, 2.24) is 9.13 Å². The van der Waals surface area contributed by atoms with Gasteiger partial charge in [-0.3, -0.25) is 9.36 Å². The third kappa shape index (κ3) is 5.86. The van der Waals surface area contributed by atoms with E-state index in [2.05, 4.69) is 30.5 Å². The quantitative estimate of drug-likeness (QED) is 0.158. The predicted octanol–water partition coefficient (Wildman–Crippen LogP) is 7.51. The molecule has 0 N–H and O–H groups in total. The van der Waals surface area contributed by atoms with Crippen molar-refractivity contribution in [2.24, 2.45) is 4.99 Å². The van der Waals surface area contributed by atoms with Crippen LogP contribution in [0.3, 0.4) is 0 Å². The van der Waals surface area contributed by atoms with Crippen molar-refractivity contribution >= 4 is 40.0 Å². The molecule has 0 spiro atoms. The number of thiazole rings is 1. The predicted molar refractivity (Wildman–Crippen MR) is 194 cm³/mol. The van der Waals surface area contributed by atoms with Crippen LogP contribution in [0, 0.1) is 12.7 Å². The molecular weight excluding hydrogens is 634 g/mol. The smallest absolute Gasteiger partial charge is 0.338 e. The Morgan fingerprint density at radius 3 is 2.37 bits per heavy atom. The number of aromatic nitrogens is 2. The van der Waals surface area contributed by atoms with E-state index in [1.54, 1.807) is 23.6 Å². The number of halogens is 1. The summed E-state index contributed by atoms with van der Waals surface area (Å²) in [6.07, 6.45) is 1.91. The Bertz CT molecular complexity index is 2420. The number of ether oxygens (including phenoxy) is 1. The molecule has 1 atom stereocenters. The lowest BCUT2D eigenvalue weighted by atomic mass is 9.91. The summed E-state index contributed by atoms with van der Waals surface area (Å²) in [6.45, 7) is 8.56. The summed E-state index contributed by atoms with van der Waals surface area (Å²) in [5, 5.41) is 0.959. The summed E-state index contributed by atoms with van der Waals surface area (Å²) in [5.41, 5.74) is 6.59. The summed E-state index contributed by atoms with van der Waals surface area (Å²) >= 11 is 1.29. The fraction of sp³-hybridized carbons (Fsp3) is 0.195. The normalized spacial score (nSPS) is 14.7. The van der Waals surface area contributed by atoms with Gasteiger partial charge in [0.1, 0.15) is 5.82 Å². The average molecular weight is 670 g/mol. The molecule has 0 fully saturated rings. The van der Waals surface area contributed by atoms with Crippen LogP contribution in [0.15, 0.2) is 118 Å². The highest BCUT2D eigenvalue weighted by molar-refractivity contribution is 7.07. The molecule has 4 aromatic carbocycles. The lowest BCUT2D eigenvalue weighted by Crippen LogP contribution is -2.40. The van der Waals surface area contributed by atoms with Gasteiger partial charge in [0.25, 0.3) is 5.56 Å². The van der Waals surface area contributed by atoms with E-state index in [-0.39, 0.29) is 18.0 Å². The van der Waals surface area contributed by atoms with Gasteiger partial charge >= 0.3 is 5.97 Å². The van der Waals surface area contributed by atoms with E-state index < -0.39 is 12.0 Å². The number of hydrogen-bond donors (Lipinski definition) is 0. The fourth-order valence-corrected chi connectivity index (χ4v) is 7.57. The van der Waals surface area contributed by atoms with Crippen molar-refractivity contribution in [3.63, 3.8) is 0 Å². The largest absolute Gasteiger partial charge is 0.463 e. The van der Waals surface area contributed by atoms with Crippen LogP contribution in [0.25, 0.3) is 22.7 Å². The minimum Gasteiger partial charge on any atom is -0.463 e. The third-order valence-electron chi connectivity index (χ3n) is 9.13. The van der Waals surface area contributed by atoms with Gasteiger partial charge in [-0.25, -0.2) is 14.2 Å². The van der Waals surface area contributed by atoms with Crippen molar-refractivity contribution in [2.75, 3.05) is 6.61 Å². The third-order valence-corrected chi connectivity index (χ3v) is 10.1. The van der Waals surface area contributed by atoms with Crippen LogP contribution >= 0.6 is 11.3 Å². The molecule has 0 saturated heterocycles. The molecule has 0 bridgehead atoms. The van der Waals surface area contributed by atoms with Crippen LogP contribution in [0.2, 0.25) is 0 Å². The number of rotatable bonds is 8. The first-order valence-corrected chi connectivity index (χ1v) is 17.3. The molecule has 3 heterocycles. The van der Waals surface area contributed by atoms with E-state index in [0.717, 1.165) is 38.9 Å². The van der Waals surface area contributed by atoms with Crippen molar-refractivity contribution in [2.45, 2.75) is 46.2 Å². The molecule has 0 unspecified atom stereocenters. The van der Waals surface area contributed by atoms with Crippen LogP contribution < -0.4 is 14.9 Å². The fourth-order valence-electron chi connectivity index (χ4n) is 6.59. The van der Waals surface area contributed by atoms with Crippen LogP contribution in [0.1, 0.15) is 66.2 Å². The number of carbonyl (C=O) groups excluding carboxylic acids is 1. The number of carbonyl (C=O) groups is 1. The molecule has 7 rings (SSSR count). The molecule has 1 aliphatic heterocycles. The molecule has 6 aromatic rings. The maximum Gasteiger partial charge on any atom is 0.338 e. The highest BCUT2D eigenvalue weighted by Gasteiger charge is 2.35. The minimum atomic E-state index is -0.752. The monoisotopic (exact) mass is 669 g/mol. The summed E-state index contributed by atoms with van der Waals surface area (Å²) in [7, 11) is 0. The van der Waals surface area contributed by atoms with Gasteiger partial charge in [0, 0.05) is 33.3 Å². The summed E-state index contributed by atoms with van der Waals surface area (Å²) in [4.78, 5) is 33.9. The summed E-state index contributed by atoms with van der Waals surface area (Å²) in [6, 6.07) is 31.6. The molecule has 0 radical (unpaired) electrons. The van der Waals surface area contributed by atoms with E-state index in [9.17, 15) is 14.0 Å². The van der Waals surface area contributed by atoms with Crippen LogP contribution in [-0.2, 0) is 16.1 Å². The van der Waals surface area contributed by atoms with E-state index in [4.69, 9.17) is 9.73 Å². The first-order chi connectivity index (χ1) is 23.8. The van der Waals surface area contributed by atoms with E-state index in [1.807, 2.05) is 85.8 Å². The number of hydrogen-bond acceptors (Lipinski definition) is 5. The first kappa shape index (κ1) is 32.2. The van der Waals surface area contributed by atoms with Crippen molar-refractivity contribution in [3.05, 3.63) is 168 Å². The SMILES string of the molecule is CCOC(=O)C1=C(c2ccccc2)N=c2s/c(=C\c3c(C)n(Cc4ccccc4F)c4ccccc34)c(=O)n2[C@@H]1c1ccc(C(C)C)cc1. The minimum absolute atomic E-state index is 0.185. The standard InChI is InChI=1S/C41H36FN3O3S/c1-5-48-40(47)36-37(28-13-7-6-8-14-28)43-41-45(38(36)29-21-19-27(20-22-29)25(2)3)39(46)35(49-41)23-32-26(4)44(34-18-12-10-16-31(32)34)24-30-15-9-11-17-33(30)42/h6-23,25,38H,5,24H2,1-4H3/b35-23-/t38-/m1/s1. The Labute approximate surface area is 287 Å².